The van der Waals surface area contributed by atoms with Gasteiger partial charge >= 0.3 is 5.97 Å². The number of carbonyl (C=O) groups excluding carboxylic acids is 3. The number of hydrogen-bond acceptors (Lipinski definition) is 6. The molecule has 0 N–H and O–H groups in total. The fraction of sp³-hybridized carbons (Fsp3) is 0.227. The number of rotatable bonds is 7. The number of carbonyl (C=O) groups is 3. The van der Waals surface area contributed by atoms with Gasteiger partial charge in [-0.05, 0) is 43.8 Å². The Hall–Kier alpha value is -3.13. The molecule has 3 rings (SSSR count). The van der Waals surface area contributed by atoms with Crippen LogP contribution >= 0.6 is 11.8 Å². The first-order chi connectivity index (χ1) is 14.3. The van der Waals surface area contributed by atoms with Crippen molar-refractivity contribution in [2.45, 2.75) is 26.6 Å². The molecule has 0 saturated carbocycles. The molecule has 2 aromatic rings. The Kier molecular flexibility index (Phi) is 6.89. The summed E-state index contributed by atoms with van der Waals surface area (Å²) in [5.74, 6) is -1.16. The molecule has 0 aliphatic carbocycles. The number of amides is 2. The lowest BCUT2D eigenvalue weighted by Gasteiger charge is -2.13. The highest BCUT2D eigenvalue weighted by atomic mass is 32.2. The summed E-state index contributed by atoms with van der Waals surface area (Å²) >= 11 is 0.738. The number of halogens is 1. The van der Waals surface area contributed by atoms with Crippen molar-refractivity contribution in [1.82, 2.24) is 4.90 Å². The van der Waals surface area contributed by atoms with E-state index in [1.165, 1.54) is 12.1 Å². The van der Waals surface area contributed by atoms with Crippen LogP contribution in [0.4, 0.5) is 9.18 Å². The molecular weight excluding hydrogens is 409 g/mol. The molecule has 0 spiro atoms. The predicted octanol–water partition coefficient (Wildman–Crippen LogP) is 4.39. The fourth-order valence-electron chi connectivity index (χ4n) is 2.71. The van der Waals surface area contributed by atoms with Crippen molar-refractivity contribution in [2.24, 2.45) is 0 Å². The Morgan fingerprint density at radius 3 is 2.57 bits per heavy atom. The van der Waals surface area contributed by atoms with E-state index in [0.29, 0.717) is 16.9 Å². The fourth-order valence-corrected chi connectivity index (χ4v) is 3.54. The van der Waals surface area contributed by atoms with Gasteiger partial charge < -0.3 is 9.47 Å². The van der Waals surface area contributed by atoms with Gasteiger partial charge in [0.05, 0.1) is 11.0 Å². The van der Waals surface area contributed by atoms with Crippen LogP contribution in [0.2, 0.25) is 0 Å². The summed E-state index contributed by atoms with van der Waals surface area (Å²) in [5.41, 5.74) is 0.959. The number of nitrogens with zero attached hydrogens (tertiary/aromatic N) is 1. The average Bonchev–Trinajstić information content (AvgIpc) is 2.95. The van der Waals surface area contributed by atoms with Crippen LogP contribution < -0.4 is 4.74 Å². The van der Waals surface area contributed by atoms with E-state index in [-0.39, 0.29) is 23.4 Å². The topological polar surface area (TPSA) is 72.9 Å². The van der Waals surface area contributed by atoms with Crippen LogP contribution in [-0.2, 0) is 20.9 Å². The second-order valence-electron chi connectivity index (χ2n) is 6.72. The van der Waals surface area contributed by atoms with Crippen LogP contribution in [0.3, 0.4) is 0 Å². The largest absolute Gasteiger partial charge is 0.488 e. The molecule has 1 saturated heterocycles. The lowest BCUT2D eigenvalue weighted by molar-refractivity contribution is -0.149. The maximum Gasteiger partial charge on any atom is 0.326 e. The maximum absolute atomic E-state index is 13.8. The van der Waals surface area contributed by atoms with Crippen molar-refractivity contribution < 1.29 is 28.2 Å². The maximum atomic E-state index is 13.8. The molecule has 1 aliphatic rings. The summed E-state index contributed by atoms with van der Waals surface area (Å²) in [6.07, 6.45) is 1.18. The molecule has 0 unspecified atom stereocenters. The Balaban J connectivity index is 1.75. The van der Waals surface area contributed by atoms with E-state index < -0.39 is 23.7 Å². The minimum absolute atomic E-state index is 0.0139. The van der Waals surface area contributed by atoms with Gasteiger partial charge in [0.15, 0.2) is 0 Å². The summed E-state index contributed by atoms with van der Waals surface area (Å²) in [6, 6.07) is 13.2. The Morgan fingerprint density at radius 2 is 1.83 bits per heavy atom. The molecular formula is C22H20FNO5S. The molecule has 1 heterocycles. The molecule has 30 heavy (non-hydrogen) atoms. The van der Waals surface area contributed by atoms with Crippen LogP contribution in [0.25, 0.3) is 6.08 Å². The highest BCUT2D eigenvalue weighted by molar-refractivity contribution is 8.18. The third-order valence-corrected chi connectivity index (χ3v) is 4.98. The monoisotopic (exact) mass is 429 g/mol. The van der Waals surface area contributed by atoms with Crippen LogP contribution in [0.1, 0.15) is 25.0 Å². The number of benzene rings is 2. The minimum Gasteiger partial charge on any atom is -0.488 e. The zero-order valence-electron chi connectivity index (χ0n) is 16.5. The molecule has 8 heteroatoms. The van der Waals surface area contributed by atoms with E-state index in [0.717, 1.165) is 16.7 Å². The first kappa shape index (κ1) is 21.6. The van der Waals surface area contributed by atoms with Gasteiger partial charge in [-0.3, -0.25) is 19.3 Å². The second-order valence-corrected chi connectivity index (χ2v) is 7.72. The van der Waals surface area contributed by atoms with E-state index in [4.69, 9.17) is 9.47 Å². The van der Waals surface area contributed by atoms with Gasteiger partial charge in [0.25, 0.3) is 11.1 Å². The summed E-state index contributed by atoms with van der Waals surface area (Å²) < 4.78 is 24.6. The summed E-state index contributed by atoms with van der Waals surface area (Å²) in [4.78, 5) is 37.6. The average molecular weight is 429 g/mol. The van der Waals surface area contributed by atoms with Crippen molar-refractivity contribution in [3.05, 3.63) is 70.4 Å². The number of thioether (sulfide) groups is 1. The first-order valence-electron chi connectivity index (χ1n) is 9.25. The number of para-hydroxylation sites is 1. The van der Waals surface area contributed by atoms with Gasteiger partial charge in [-0.1, -0.05) is 36.4 Å². The quantitative estimate of drug-likeness (QED) is 0.480. The number of ether oxygens (including phenoxy) is 2. The Morgan fingerprint density at radius 1 is 1.13 bits per heavy atom. The summed E-state index contributed by atoms with van der Waals surface area (Å²) in [6.45, 7) is 2.94. The van der Waals surface area contributed by atoms with Crippen molar-refractivity contribution in [3.63, 3.8) is 0 Å². The van der Waals surface area contributed by atoms with E-state index in [1.807, 2.05) is 0 Å². The highest BCUT2D eigenvalue weighted by Gasteiger charge is 2.37. The lowest BCUT2D eigenvalue weighted by Crippen LogP contribution is -2.35. The van der Waals surface area contributed by atoms with Crippen LogP contribution in [-0.4, -0.2) is 34.7 Å². The first-order valence-corrected chi connectivity index (χ1v) is 10.1. The SMILES string of the molecule is CC(C)OC(=O)CN1C(=O)S/C(=C/c2ccccc2OCc2ccccc2F)C1=O. The van der Waals surface area contributed by atoms with Crippen LogP contribution in [0.15, 0.2) is 53.4 Å². The van der Waals surface area contributed by atoms with Gasteiger partial charge in [-0.2, -0.15) is 0 Å². The van der Waals surface area contributed by atoms with Crippen LogP contribution in [0.5, 0.6) is 5.75 Å². The van der Waals surface area contributed by atoms with Crippen molar-refractivity contribution in [3.8, 4) is 5.75 Å². The van der Waals surface area contributed by atoms with Crippen LogP contribution in [0, 0.1) is 5.82 Å². The van der Waals surface area contributed by atoms with E-state index in [1.54, 1.807) is 56.3 Å². The van der Waals surface area contributed by atoms with E-state index in [9.17, 15) is 18.8 Å². The predicted molar refractivity (Wildman–Crippen MR) is 111 cm³/mol. The number of hydrogen-bond donors (Lipinski definition) is 0. The molecule has 2 amide bonds. The smallest absolute Gasteiger partial charge is 0.326 e. The molecule has 2 aromatic carbocycles. The lowest BCUT2D eigenvalue weighted by atomic mass is 10.1. The summed E-state index contributed by atoms with van der Waals surface area (Å²) in [7, 11) is 0. The van der Waals surface area contributed by atoms with Gasteiger partial charge in [0.1, 0.15) is 24.7 Å². The Bertz CT molecular complexity index is 1000. The standard InChI is InChI=1S/C22H20FNO5S/c1-14(2)29-20(25)12-24-21(26)19(30-22(24)27)11-15-7-4-6-10-18(15)28-13-16-8-3-5-9-17(16)23/h3-11,14H,12-13H2,1-2H3/b19-11+. The number of esters is 1. The van der Waals surface area contributed by atoms with Gasteiger partial charge in [-0.25, -0.2) is 4.39 Å². The Labute approximate surface area is 177 Å². The van der Waals surface area contributed by atoms with Gasteiger partial charge in [0.2, 0.25) is 0 Å². The minimum atomic E-state index is -0.651. The van der Waals surface area contributed by atoms with Crippen molar-refractivity contribution in [2.75, 3.05) is 6.54 Å². The molecule has 0 radical (unpaired) electrons. The van der Waals surface area contributed by atoms with Crippen molar-refractivity contribution >= 4 is 35.0 Å². The van der Waals surface area contributed by atoms with E-state index in [2.05, 4.69) is 0 Å². The van der Waals surface area contributed by atoms with Gasteiger partial charge in [0, 0.05) is 11.1 Å². The molecule has 6 nitrogen and oxygen atoms in total. The molecule has 1 aliphatic heterocycles. The third kappa shape index (κ3) is 5.27. The molecule has 1 fully saturated rings. The van der Waals surface area contributed by atoms with E-state index >= 15 is 0 Å². The summed E-state index contributed by atoms with van der Waals surface area (Å²) in [5, 5.41) is -0.545. The third-order valence-electron chi connectivity index (χ3n) is 4.07. The highest BCUT2D eigenvalue weighted by Crippen LogP contribution is 2.34. The van der Waals surface area contributed by atoms with Crippen molar-refractivity contribution in [1.29, 1.82) is 0 Å². The molecule has 0 atom stereocenters. The number of imide groups is 1. The normalized spacial score (nSPS) is 15.2. The second kappa shape index (κ2) is 9.58. The van der Waals surface area contributed by atoms with Gasteiger partial charge in [-0.15, -0.1) is 0 Å². The zero-order chi connectivity index (χ0) is 21.7. The molecule has 156 valence electrons. The molecule has 0 bridgehead atoms. The molecule has 0 aromatic heterocycles. The zero-order valence-corrected chi connectivity index (χ0v) is 17.3.